The molecular weight excluding hydrogens is 524 g/mol. The maximum Gasteiger partial charge on any atom is 0.262 e. The zero-order chi connectivity index (χ0) is 24.6. The number of ether oxygens (including phenoxy) is 3. The van der Waals surface area contributed by atoms with Gasteiger partial charge in [-0.1, -0.05) is 18.2 Å². The predicted octanol–water partition coefficient (Wildman–Crippen LogP) is 4.00. The first-order valence-electron chi connectivity index (χ1n) is 10.3. The SMILES string of the molecule is COc1ccc(CCNS(=O)(=O)c2ccc(OCC(=O)Nc3ccccc3Br)cc2)cc1OC. The number of anilines is 1. The molecule has 0 unspecified atom stereocenters. The van der Waals surface area contributed by atoms with Gasteiger partial charge in [-0.3, -0.25) is 4.79 Å². The number of sulfonamides is 1. The van der Waals surface area contributed by atoms with Crippen LogP contribution in [0.4, 0.5) is 5.69 Å². The molecule has 0 aromatic heterocycles. The highest BCUT2D eigenvalue weighted by Gasteiger charge is 2.14. The Morgan fingerprint density at radius 2 is 1.65 bits per heavy atom. The Balaban J connectivity index is 1.51. The number of hydrogen-bond donors (Lipinski definition) is 2. The van der Waals surface area contributed by atoms with Crippen LogP contribution in [0, 0.1) is 0 Å². The molecule has 0 bridgehead atoms. The summed E-state index contributed by atoms with van der Waals surface area (Å²) in [5, 5.41) is 2.73. The molecule has 0 aliphatic carbocycles. The van der Waals surface area contributed by atoms with Gasteiger partial charge in [-0.15, -0.1) is 0 Å². The minimum absolute atomic E-state index is 0.102. The third-order valence-electron chi connectivity index (χ3n) is 4.81. The normalized spacial score (nSPS) is 11.0. The number of halogens is 1. The maximum atomic E-state index is 12.6. The molecule has 34 heavy (non-hydrogen) atoms. The summed E-state index contributed by atoms with van der Waals surface area (Å²) < 4.78 is 44.5. The van der Waals surface area contributed by atoms with E-state index in [2.05, 4.69) is 26.0 Å². The van der Waals surface area contributed by atoms with Crippen molar-refractivity contribution in [3.63, 3.8) is 0 Å². The Morgan fingerprint density at radius 3 is 2.32 bits per heavy atom. The fourth-order valence-electron chi connectivity index (χ4n) is 3.06. The summed E-state index contributed by atoms with van der Waals surface area (Å²) in [6, 6.07) is 18.6. The van der Waals surface area contributed by atoms with Crippen LogP contribution >= 0.6 is 15.9 Å². The average Bonchev–Trinajstić information content (AvgIpc) is 2.84. The lowest BCUT2D eigenvalue weighted by molar-refractivity contribution is -0.118. The molecule has 3 rings (SSSR count). The van der Waals surface area contributed by atoms with E-state index in [9.17, 15) is 13.2 Å². The Bertz CT molecular complexity index is 1230. The molecule has 0 aliphatic heterocycles. The summed E-state index contributed by atoms with van der Waals surface area (Å²) >= 11 is 3.36. The summed E-state index contributed by atoms with van der Waals surface area (Å²) in [4.78, 5) is 12.2. The van der Waals surface area contributed by atoms with Gasteiger partial charge in [0.15, 0.2) is 18.1 Å². The summed E-state index contributed by atoms with van der Waals surface area (Å²) in [5.41, 5.74) is 1.54. The Hall–Kier alpha value is -3.08. The number of carbonyl (C=O) groups excluding carboxylic acids is 1. The van der Waals surface area contributed by atoms with Gasteiger partial charge >= 0.3 is 0 Å². The molecule has 0 radical (unpaired) electrons. The van der Waals surface area contributed by atoms with Gasteiger partial charge in [0.25, 0.3) is 5.91 Å². The fraction of sp³-hybridized carbons (Fsp3) is 0.208. The minimum Gasteiger partial charge on any atom is -0.493 e. The van der Waals surface area contributed by atoms with Crippen LogP contribution in [0.1, 0.15) is 5.56 Å². The first-order chi connectivity index (χ1) is 16.3. The van der Waals surface area contributed by atoms with Gasteiger partial charge in [0.05, 0.1) is 24.8 Å². The zero-order valence-electron chi connectivity index (χ0n) is 18.7. The van der Waals surface area contributed by atoms with E-state index in [1.807, 2.05) is 30.3 Å². The van der Waals surface area contributed by atoms with E-state index in [0.717, 1.165) is 10.0 Å². The van der Waals surface area contributed by atoms with Crippen LogP contribution in [0.25, 0.3) is 0 Å². The van der Waals surface area contributed by atoms with Gasteiger partial charge in [0.2, 0.25) is 10.0 Å². The maximum absolute atomic E-state index is 12.6. The van der Waals surface area contributed by atoms with Crippen LogP contribution < -0.4 is 24.2 Å². The molecule has 0 aliphatic rings. The lowest BCUT2D eigenvalue weighted by atomic mass is 10.1. The Morgan fingerprint density at radius 1 is 0.941 bits per heavy atom. The highest BCUT2D eigenvalue weighted by atomic mass is 79.9. The van der Waals surface area contributed by atoms with Crippen molar-refractivity contribution < 1.29 is 27.4 Å². The van der Waals surface area contributed by atoms with Crippen molar-refractivity contribution in [2.45, 2.75) is 11.3 Å². The van der Waals surface area contributed by atoms with Crippen molar-refractivity contribution in [3.8, 4) is 17.2 Å². The number of carbonyl (C=O) groups is 1. The van der Waals surface area contributed by atoms with E-state index in [4.69, 9.17) is 14.2 Å². The molecule has 2 N–H and O–H groups in total. The van der Waals surface area contributed by atoms with Crippen molar-refractivity contribution in [3.05, 3.63) is 76.8 Å². The standard InChI is InChI=1S/C24H25BrN2O6S/c1-31-22-12-7-17(15-23(22)32-2)13-14-26-34(29,30)19-10-8-18(9-11-19)33-16-24(28)27-21-6-4-3-5-20(21)25/h3-12,15,26H,13-14,16H2,1-2H3,(H,27,28). The second kappa shape index (κ2) is 11.9. The third-order valence-corrected chi connectivity index (χ3v) is 6.97. The first kappa shape index (κ1) is 25.5. The summed E-state index contributed by atoms with van der Waals surface area (Å²) in [6.45, 7) is 0.00227. The number of rotatable bonds is 11. The lowest BCUT2D eigenvalue weighted by Gasteiger charge is -2.11. The van der Waals surface area contributed by atoms with E-state index < -0.39 is 10.0 Å². The molecule has 0 fully saturated rings. The van der Waals surface area contributed by atoms with Gasteiger partial charge in [0, 0.05) is 11.0 Å². The van der Waals surface area contributed by atoms with Gasteiger partial charge in [0.1, 0.15) is 5.75 Å². The van der Waals surface area contributed by atoms with Gasteiger partial charge in [-0.05, 0) is 76.4 Å². The Labute approximate surface area is 207 Å². The average molecular weight is 549 g/mol. The van der Waals surface area contributed by atoms with E-state index >= 15 is 0 Å². The lowest BCUT2D eigenvalue weighted by Crippen LogP contribution is -2.26. The molecule has 0 spiro atoms. The van der Waals surface area contributed by atoms with E-state index in [0.29, 0.717) is 29.4 Å². The van der Waals surface area contributed by atoms with Crippen molar-refractivity contribution in [2.75, 3.05) is 32.7 Å². The van der Waals surface area contributed by atoms with Crippen molar-refractivity contribution in [1.29, 1.82) is 0 Å². The highest BCUT2D eigenvalue weighted by molar-refractivity contribution is 9.10. The van der Waals surface area contributed by atoms with Crippen LogP contribution in [0.15, 0.2) is 76.1 Å². The number of amides is 1. The smallest absolute Gasteiger partial charge is 0.262 e. The quantitative estimate of drug-likeness (QED) is 0.375. The molecule has 10 heteroatoms. The number of methoxy groups -OCH3 is 2. The molecule has 3 aromatic rings. The van der Waals surface area contributed by atoms with E-state index in [1.54, 1.807) is 26.4 Å². The van der Waals surface area contributed by atoms with Crippen molar-refractivity contribution in [2.24, 2.45) is 0 Å². The number of para-hydroxylation sites is 1. The second-order valence-corrected chi connectivity index (χ2v) is 9.75. The molecule has 0 saturated carbocycles. The first-order valence-corrected chi connectivity index (χ1v) is 12.6. The van der Waals surface area contributed by atoms with Crippen LogP contribution in [0.5, 0.6) is 17.2 Å². The zero-order valence-corrected chi connectivity index (χ0v) is 21.1. The van der Waals surface area contributed by atoms with Gasteiger partial charge in [-0.25, -0.2) is 13.1 Å². The van der Waals surface area contributed by atoms with Crippen LogP contribution in [-0.2, 0) is 21.2 Å². The van der Waals surface area contributed by atoms with Crippen LogP contribution in [0.3, 0.4) is 0 Å². The van der Waals surface area contributed by atoms with E-state index in [-0.39, 0.29) is 24.0 Å². The molecule has 0 atom stereocenters. The number of nitrogens with one attached hydrogen (secondary N) is 2. The summed E-state index contributed by atoms with van der Waals surface area (Å²) in [5.74, 6) is 1.25. The molecular formula is C24H25BrN2O6S. The van der Waals surface area contributed by atoms with Crippen molar-refractivity contribution in [1.82, 2.24) is 4.72 Å². The monoisotopic (exact) mass is 548 g/mol. The number of benzene rings is 3. The fourth-order valence-corrected chi connectivity index (χ4v) is 4.48. The molecule has 0 saturated heterocycles. The van der Waals surface area contributed by atoms with Gasteiger partial charge in [-0.2, -0.15) is 0 Å². The molecule has 3 aromatic carbocycles. The minimum atomic E-state index is -3.70. The molecule has 1 amide bonds. The molecule has 180 valence electrons. The highest BCUT2D eigenvalue weighted by Crippen LogP contribution is 2.27. The Kier molecular flexibility index (Phi) is 8.91. The summed E-state index contributed by atoms with van der Waals surface area (Å²) in [7, 11) is -0.594. The molecule has 8 nitrogen and oxygen atoms in total. The molecule has 0 heterocycles. The van der Waals surface area contributed by atoms with E-state index in [1.165, 1.54) is 24.3 Å². The largest absolute Gasteiger partial charge is 0.493 e. The second-order valence-electron chi connectivity index (χ2n) is 7.13. The topological polar surface area (TPSA) is 103 Å². The third kappa shape index (κ3) is 6.96. The number of hydrogen-bond acceptors (Lipinski definition) is 6. The van der Waals surface area contributed by atoms with Crippen molar-refractivity contribution >= 4 is 37.5 Å². The predicted molar refractivity (Wildman–Crippen MR) is 133 cm³/mol. The summed E-state index contributed by atoms with van der Waals surface area (Å²) in [6.07, 6.45) is 0.480. The van der Waals surface area contributed by atoms with Crippen LogP contribution in [-0.4, -0.2) is 41.7 Å². The van der Waals surface area contributed by atoms with Gasteiger partial charge < -0.3 is 19.5 Å². The van der Waals surface area contributed by atoms with Crippen LogP contribution in [0.2, 0.25) is 0 Å².